The standard InChI is InChI=1S/C15H17N3/c1-2-6-12(7-3-1)14-10-15(18-11-17-14)13-8-4-5-9-16-13/h1-3,6-7,10-11,13,16H,4-5,8-9H2. The predicted molar refractivity (Wildman–Crippen MR) is 72.1 cm³/mol. The van der Waals surface area contributed by atoms with Crippen LogP contribution in [0.3, 0.4) is 0 Å². The van der Waals surface area contributed by atoms with E-state index >= 15 is 0 Å². The SMILES string of the molecule is c1ccc(-c2cc(C3CCCCN3)ncn2)cc1. The van der Waals surface area contributed by atoms with Crippen LogP contribution in [0, 0.1) is 0 Å². The number of nitrogens with one attached hydrogen (secondary N) is 1. The maximum atomic E-state index is 4.41. The quantitative estimate of drug-likeness (QED) is 0.875. The summed E-state index contributed by atoms with van der Waals surface area (Å²) in [5, 5.41) is 3.52. The van der Waals surface area contributed by atoms with Gasteiger partial charge in [0.1, 0.15) is 6.33 Å². The van der Waals surface area contributed by atoms with Crippen LogP contribution in [0.15, 0.2) is 42.7 Å². The molecule has 0 aliphatic carbocycles. The third-order valence-corrected chi connectivity index (χ3v) is 3.43. The van der Waals surface area contributed by atoms with E-state index in [0.29, 0.717) is 6.04 Å². The third kappa shape index (κ3) is 2.41. The normalized spacial score (nSPS) is 19.7. The molecule has 2 aromatic rings. The summed E-state index contributed by atoms with van der Waals surface area (Å²) < 4.78 is 0. The van der Waals surface area contributed by atoms with E-state index in [-0.39, 0.29) is 0 Å². The van der Waals surface area contributed by atoms with Gasteiger partial charge < -0.3 is 5.32 Å². The molecule has 3 rings (SSSR count). The van der Waals surface area contributed by atoms with Crippen molar-refractivity contribution in [1.82, 2.24) is 15.3 Å². The molecule has 18 heavy (non-hydrogen) atoms. The van der Waals surface area contributed by atoms with Crippen molar-refractivity contribution in [3.8, 4) is 11.3 Å². The zero-order chi connectivity index (χ0) is 12.2. The van der Waals surface area contributed by atoms with Crippen molar-refractivity contribution in [2.24, 2.45) is 0 Å². The molecule has 0 saturated carbocycles. The first-order valence-electron chi connectivity index (χ1n) is 6.54. The summed E-state index contributed by atoms with van der Waals surface area (Å²) in [6.45, 7) is 1.09. The van der Waals surface area contributed by atoms with Crippen LogP contribution in [0.1, 0.15) is 31.0 Å². The first kappa shape index (κ1) is 11.4. The number of hydrogen-bond acceptors (Lipinski definition) is 3. The molecule has 1 unspecified atom stereocenters. The van der Waals surface area contributed by atoms with E-state index in [1.54, 1.807) is 6.33 Å². The molecule has 92 valence electrons. The Morgan fingerprint density at radius 2 is 1.94 bits per heavy atom. The molecule has 0 amide bonds. The van der Waals surface area contributed by atoms with Crippen LogP contribution in [0.4, 0.5) is 0 Å². The van der Waals surface area contributed by atoms with Gasteiger partial charge in [0.15, 0.2) is 0 Å². The minimum Gasteiger partial charge on any atom is -0.309 e. The number of rotatable bonds is 2. The average Bonchev–Trinajstić information content (AvgIpc) is 2.49. The zero-order valence-corrected chi connectivity index (χ0v) is 10.3. The lowest BCUT2D eigenvalue weighted by Crippen LogP contribution is -2.27. The molecule has 0 spiro atoms. The predicted octanol–water partition coefficient (Wildman–Crippen LogP) is 2.96. The molecule has 1 fully saturated rings. The van der Waals surface area contributed by atoms with E-state index in [2.05, 4.69) is 33.5 Å². The second-order valence-corrected chi connectivity index (χ2v) is 4.70. The fourth-order valence-electron chi connectivity index (χ4n) is 2.43. The van der Waals surface area contributed by atoms with Crippen LogP contribution < -0.4 is 5.32 Å². The van der Waals surface area contributed by atoms with E-state index in [0.717, 1.165) is 23.5 Å². The Morgan fingerprint density at radius 1 is 1.06 bits per heavy atom. The zero-order valence-electron chi connectivity index (χ0n) is 10.3. The molecule has 3 nitrogen and oxygen atoms in total. The molecule has 1 aliphatic heterocycles. The van der Waals surface area contributed by atoms with Crippen molar-refractivity contribution in [3.05, 3.63) is 48.4 Å². The second-order valence-electron chi connectivity index (χ2n) is 4.70. The maximum absolute atomic E-state index is 4.41. The number of benzene rings is 1. The summed E-state index contributed by atoms with van der Waals surface area (Å²) in [5.74, 6) is 0. The van der Waals surface area contributed by atoms with E-state index < -0.39 is 0 Å². The smallest absolute Gasteiger partial charge is 0.116 e. The summed E-state index contributed by atoms with van der Waals surface area (Å²) in [6.07, 6.45) is 5.40. The monoisotopic (exact) mass is 239 g/mol. The molecule has 0 bridgehead atoms. The van der Waals surface area contributed by atoms with E-state index in [9.17, 15) is 0 Å². The van der Waals surface area contributed by atoms with Gasteiger partial charge in [-0.15, -0.1) is 0 Å². The van der Waals surface area contributed by atoms with Crippen LogP contribution in [-0.2, 0) is 0 Å². The van der Waals surface area contributed by atoms with Gasteiger partial charge in [0, 0.05) is 11.6 Å². The Labute approximate surface area is 107 Å². The molecule has 0 radical (unpaired) electrons. The number of piperidine rings is 1. The van der Waals surface area contributed by atoms with Crippen molar-refractivity contribution in [2.45, 2.75) is 25.3 Å². The van der Waals surface area contributed by atoms with Crippen LogP contribution in [0.25, 0.3) is 11.3 Å². The molecule has 1 saturated heterocycles. The molecular weight excluding hydrogens is 222 g/mol. The summed E-state index contributed by atoms with van der Waals surface area (Å²) >= 11 is 0. The highest BCUT2D eigenvalue weighted by molar-refractivity contribution is 5.58. The Bertz CT molecular complexity index is 504. The average molecular weight is 239 g/mol. The third-order valence-electron chi connectivity index (χ3n) is 3.43. The van der Waals surface area contributed by atoms with Gasteiger partial charge in [-0.3, -0.25) is 0 Å². The highest BCUT2D eigenvalue weighted by Crippen LogP contribution is 2.24. The van der Waals surface area contributed by atoms with E-state index in [4.69, 9.17) is 0 Å². The van der Waals surface area contributed by atoms with E-state index in [1.807, 2.05) is 18.2 Å². The number of aromatic nitrogens is 2. The van der Waals surface area contributed by atoms with Crippen LogP contribution in [0.5, 0.6) is 0 Å². The molecule has 3 heteroatoms. The summed E-state index contributed by atoms with van der Waals surface area (Å²) in [5.41, 5.74) is 3.27. The van der Waals surface area contributed by atoms with E-state index in [1.165, 1.54) is 19.3 Å². The highest BCUT2D eigenvalue weighted by Gasteiger charge is 2.16. The maximum Gasteiger partial charge on any atom is 0.116 e. The van der Waals surface area contributed by atoms with Crippen molar-refractivity contribution in [1.29, 1.82) is 0 Å². The van der Waals surface area contributed by atoms with Gasteiger partial charge in [0.2, 0.25) is 0 Å². The first-order chi connectivity index (χ1) is 8.93. The summed E-state index contributed by atoms with van der Waals surface area (Å²) in [6, 6.07) is 12.8. The lowest BCUT2D eigenvalue weighted by atomic mass is 10.0. The minimum absolute atomic E-state index is 0.393. The molecule has 1 aromatic carbocycles. The first-order valence-corrected chi connectivity index (χ1v) is 6.54. The minimum atomic E-state index is 0.393. The lowest BCUT2D eigenvalue weighted by molar-refractivity contribution is 0.405. The largest absolute Gasteiger partial charge is 0.309 e. The van der Waals surface area contributed by atoms with Crippen LogP contribution >= 0.6 is 0 Å². The fourth-order valence-corrected chi connectivity index (χ4v) is 2.43. The molecular formula is C15H17N3. The van der Waals surface area contributed by atoms with Crippen LogP contribution in [0.2, 0.25) is 0 Å². The van der Waals surface area contributed by atoms with Gasteiger partial charge >= 0.3 is 0 Å². The Balaban J connectivity index is 1.89. The molecule has 1 aromatic heterocycles. The fraction of sp³-hybridized carbons (Fsp3) is 0.333. The van der Waals surface area contributed by atoms with Gasteiger partial charge in [-0.2, -0.15) is 0 Å². The number of hydrogen-bond donors (Lipinski definition) is 1. The molecule has 1 N–H and O–H groups in total. The Morgan fingerprint density at radius 3 is 2.72 bits per heavy atom. The molecule has 1 aliphatic rings. The van der Waals surface area contributed by atoms with Crippen molar-refractivity contribution in [3.63, 3.8) is 0 Å². The van der Waals surface area contributed by atoms with Gasteiger partial charge in [0.05, 0.1) is 11.4 Å². The van der Waals surface area contributed by atoms with Crippen molar-refractivity contribution < 1.29 is 0 Å². The number of nitrogens with zero attached hydrogens (tertiary/aromatic N) is 2. The molecule has 1 atom stereocenters. The van der Waals surface area contributed by atoms with Gasteiger partial charge in [-0.25, -0.2) is 9.97 Å². The Kier molecular flexibility index (Phi) is 3.33. The van der Waals surface area contributed by atoms with Crippen molar-refractivity contribution in [2.75, 3.05) is 6.54 Å². The van der Waals surface area contributed by atoms with Crippen LogP contribution in [-0.4, -0.2) is 16.5 Å². The Hall–Kier alpha value is -1.74. The second kappa shape index (κ2) is 5.27. The van der Waals surface area contributed by atoms with Gasteiger partial charge in [0.25, 0.3) is 0 Å². The molecule has 2 heterocycles. The topological polar surface area (TPSA) is 37.8 Å². The highest BCUT2D eigenvalue weighted by atomic mass is 15.0. The van der Waals surface area contributed by atoms with Crippen molar-refractivity contribution >= 4 is 0 Å². The van der Waals surface area contributed by atoms with Gasteiger partial charge in [-0.05, 0) is 25.5 Å². The summed E-state index contributed by atoms with van der Waals surface area (Å²) in [7, 11) is 0. The van der Waals surface area contributed by atoms with Gasteiger partial charge in [-0.1, -0.05) is 36.8 Å². The lowest BCUT2D eigenvalue weighted by Gasteiger charge is -2.23. The summed E-state index contributed by atoms with van der Waals surface area (Å²) in [4.78, 5) is 8.78.